The van der Waals surface area contributed by atoms with E-state index in [1.807, 2.05) is 13.8 Å². The van der Waals surface area contributed by atoms with Gasteiger partial charge in [-0.05, 0) is 19.3 Å². The highest BCUT2D eigenvalue weighted by Crippen LogP contribution is 2.08. The first-order valence-corrected chi connectivity index (χ1v) is 4.47. The molecule has 4 heteroatoms. The van der Waals surface area contributed by atoms with Gasteiger partial charge in [-0.15, -0.1) is 0 Å². The molecule has 1 aliphatic rings. The smallest absolute Gasteiger partial charge is 0.331 e. The second-order valence-corrected chi connectivity index (χ2v) is 3.21. The van der Waals surface area contributed by atoms with Crippen LogP contribution >= 0.6 is 0 Å². The summed E-state index contributed by atoms with van der Waals surface area (Å²) in [7, 11) is 3.40. The quantitative estimate of drug-likeness (QED) is 0.611. The highest BCUT2D eigenvalue weighted by Gasteiger charge is 2.09. The van der Waals surface area contributed by atoms with Gasteiger partial charge in [0.25, 0.3) is 0 Å². The SMILES string of the molecule is COC1CC=C([B]OC(C)C)C=N1. The third kappa shape index (κ3) is 3.74. The first-order chi connectivity index (χ1) is 6.22. The van der Waals surface area contributed by atoms with E-state index in [4.69, 9.17) is 9.39 Å². The van der Waals surface area contributed by atoms with E-state index in [0.29, 0.717) is 0 Å². The van der Waals surface area contributed by atoms with Gasteiger partial charge in [0.15, 0.2) is 6.23 Å². The predicted octanol–water partition coefficient (Wildman–Crippen LogP) is 1.36. The summed E-state index contributed by atoms with van der Waals surface area (Å²) in [6, 6.07) is 0. The number of rotatable bonds is 4. The van der Waals surface area contributed by atoms with Crippen LogP contribution in [-0.4, -0.2) is 33.1 Å². The van der Waals surface area contributed by atoms with Crippen molar-refractivity contribution in [2.75, 3.05) is 7.11 Å². The number of hydrogen-bond donors (Lipinski definition) is 0. The normalized spacial score (nSPS) is 21.8. The van der Waals surface area contributed by atoms with Gasteiger partial charge in [0.2, 0.25) is 0 Å². The Hall–Kier alpha value is -0.605. The monoisotopic (exact) mass is 180 g/mol. The largest absolute Gasteiger partial charge is 0.432 e. The van der Waals surface area contributed by atoms with Crippen LogP contribution in [0.5, 0.6) is 0 Å². The Morgan fingerprint density at radius 3 is 2.85 bits per heavy atom. The van der Waals surface area contributed by atoms with E-state index in [0.717, 1.165) is 11.9 Å². The summed E-state index contributed by atoms with van der Waals surface area (Å²) in [6.07, 6.45) is 4.86. The fourth-order valence-corrected chi connectivity index (χ4v) is 0.970. The first-order valence-electron chi connectivity index (χ1n) is 4.47. The summed E-state index contributed by atoms with van der Waals surface area (Å²) < 4.78 is 10.4. The molecule has 13 heavy (non-hydrogen) atoms. The summed E-state index contributed by atoms with van der Waals surface area (Å²) >= 11 is 0. The molecule has 0 N–H and O–H groups in total. The molecule has 1 rings (SSSR count). The molecule has 0 aromatic heterocycles. The molecule has 0 saturated heterocycles. The van der Waals surface area contributed by atoms with Crippen LogP contribution in [0.1, 0.15) is 20.3 Å². The molecule has 0 aliphatic carbocycles. The Balaban J connectivity index is 2.30. The minimum absolute atomic E-state index is 0.0174. The van der Waals surface area contributed by atoms with Crippen LogP contribution in [0.25, 0.3) is 0 Å². The van der Waals surface area contributed by atoms with Crippen LogP contribution in [-0.2, 0) is 9.39 Å². The lowest BCUT2D eigenvalue weighted by Crippen LogP contribution is -2.16. The number of aliphatic imine (C=N–C) groups is 1. The van der Waals surface area contributed by atoms with Crippen molar-refractivity contribution in [3.63, 3.8) is 0 Å². The fourth-order valence-electron chi connectivity index (χ4n) is 0.970. The van der Waals surface area contributed by atoms with Gasteiger partial charge in [0.1, 0.15) is 0 Å². The van der Waals surface area contributed by atoms with Gasteiger partial charge >= 0.3 is 7.48 Å². The minimum Gasteiger partial charge on any atom is -0.432 e. The zero-order chi connectivity index (χ0) is 9.68. The van der Waals surface area contributed by atoms with E-state index in [1.54, 1.807) is 20.8 Å². The van der Waals surface area contributed by atoms with Crippen LogP contribution in [0.3, 0.4) is 0 Å². The van der Waals surface area contributed by atoms with Crippen molar-refractivity contribution in [2.45, 2.75) is 32.6 Å². The molecule has 0 aromatic carbocycles. The Kier molecular flexibility index (Phi) is 4.19. The van der Waals surface area contributed by atoms with Crippen molar-refractivity contribution in [1.82, 2.24) is 0 Å². The summed E-state index contributed by atoms with van der Waals surface area (Å²) in [5.41, 5.74) is 1.02. The molecule has 0 saturated carbocycles. The number of ether oxygens (including phenoxy) is 1. The van der Waals surface area contributed by atoms with Gasteiger partial charge in [0, 0.05) is 25.8 Å². The van der Waals surface area contributed by atoms with Gasteiger partial charge in [-0.3, -0.25) is 4.99 Å². The average Bonchev–Trinajstić information content (AvgIpc) is 2.15. The van der Waals surface area contributed by atoms with E-state index in [1.165, 1.54) is 0 Å². The van der Waals surface area contributed by atoms with Crippen molar-refractivity contribution < 1.29 is 9.39 Å². The molecule has 1 aliphatic heterocycles. The minimum atomic E-state index is -0.0174. The maximum atomic E-state index is 5.32. The highest BCUT2D eigenvalue weighted by atomic mass is 16.5. The van der Waals surface area contributed by atoms with Gasteiger partial charge in [-0.1, -0.05) is 6.08 Å². The number of allylic oxidation sites excluding steroid dienone is 1. The number of methoxy groups -OCH3 is 1. The maximum absolute atomic E-state index is 5.32. The Labute approximate surface area is 80.1 Å². The summed E-state index contributed by atoms with van der Waals surface area (Å²) in [4.78, 5) is 4.18. The van der Waals surface area contributed by atoms with Crippen molar-refractivity contribution >= 4 is 13.7 Å². The molecule has 0 aromatic rings. The third-order valence-electron chi connectivity index (χ3n) is 1.69. The standard InChI is InChI=1S/C9H15BNO2/c1-7(2)13-10-8-4-5-9(12-3)11-6-8/h4,6-7,9H,5H2,1-3H3. The molecule has 1 unspecified atom stereocenters. The molecule has 0 spiro atoms. The zero-order valence-corrected chi connectivity index (χ0v) is 8.36. The molecule has 0 bridgehead atoms. The second kappa shape index (κ2) is 5.20. The lowest BCUT2D eigenvalue weighted by Gasteiger charge is -2.14. The zero-order valence-electron chi connectivity index (χ0n) is 8.36. The van der Waals surface area contributed by atoms with Crippen molar-refractivity contribution in [2.24, 2.45) is 4.99 Å². The molecular weight excluding hydrogens is 165 g/mol. The predicted molar refractivity (Wildman–Crippen MR) is 54.0 cm³/mol. The van der Waals surface area contributed by atoms with Crippen LogP contribution in [0.15, 0.2) is 16.5 Å². The molecule has 71 valence electrons. The van der Waals surface area contributed by atoms with E-state index in [2.05, 4.69) is 11.1 Å². The van der Waals surface area contributed by atoms with Gasteiger partial charge in [-0.25, -0.2) is 0 Å². The molecular formula is C9H15BNO2. The van der Waals surface area contributed by atoms with Crippen LogP contribution < -0.4 is 0 Å². The topological polar surface area (TPSA) is 30.8 Å². The van der Waals surface area contributed by atoms with Crippen LogP contribution in [0, 0.1) is 0 Å². The van der Waals surface area contributed by atoms with Crippen LogP contribution in [0.2, 0.25) is 0 Å². The number of dihydropyridines is 1. The van der Waals surface area contributed by atoms with Crippen molar-refractivity contribution in [3.05, 3.63) is 11.5 Å². The number of hydrogen-bond acceptors (Lipinski definition) is 3. The fraction of sp³-hybridized carbons (Fsp3) is 0.667. The Morgan fingerprint density at radius 2 is 2.38 bits per heavy atom. The molecule has 1 radical (unpaired) electrons. The highest BCUT2D eigenvalue weighted by molar-refractivity contribution is 6.46. The second-order valence-electron chi connectivity index (χ2n) is 3.21. The van der Waals surface area contributed by atoms with E-state index >= 15 is 0 Å². The maximum Gasteiger partial charge on any atom is 0.331 e. The molecule has 0 amide bonds. The van der Waals surface area contributed by atoms with Crippen LogP contribution in [0.4, 0.5) is 0 Å². The Morgan fingerprint density at radius 1 is 1.62 bits per heavy atom. The van der Waals surface area contributed by atoms with E-state index < -0.39 is 0 Å². The molecule has 1 atom stereocenters. The van der Waals surface area contributed by atoms with Gasteiger partial charge < -0.3 is 9.39 Å². The molecule has 1 heterocycles. The average molecular weight is 180 g/mol. The first kappa shape index (κ1) is 10.5. The molecule has 3 nitrogen and oxygen atoms in total. The summed E-state index contributed by atoms with van der Waals surface area (Å²) in [5, 5.41) is 0. The van der Waals surface area contributed by atoms with Crippen molar-refractivity contribution in [3.8, 4) is 0 Å². The van der Waals surface area contributed by atoms with E-state index in [9.17, 15) is 0 Å². The summed E-state index contributed by atoms with van der Waals surface area (Å²) in [6.45, 7) is 3.99. The lowest BCUT2D eigenvalue weighted by atomic mass is 9.86. The van der Waals surface area contributed by atoms with E-state index in [-0.39, 0.29) is 12.3 Å². The van der Waals surface area contributed by atoms with Gasteiger partial charge in [-0.2, -0.15) is 0 Å². The lowest BCUT2D eigenvalue weighted by molar-refractivity contribution is 0.112. The number of nitrogens with zero attached hydrogens (tertiary/aromatic N) is 1. The Bertz CT molecular complexity index is 214. The third-order valence-corrected chi connectivity index (χ3v) is 1.69. The van der Waals surface area contributed by atoms with Gasteiger partial charge in [0.05, 0.1) is 0 Å². The molecule has 0 fully saturated rings. The van der Waals surface area contributed by atoms with Crippen molar-refractivity contribution in [1.29, 1.82) is 0 Å². The summed E-state index contributed by atoms with van der Waals surface area (Å²) in [5.74, 6) is 0.